The van der Waals surface area contributed by atoms with Crippen LogP contribution in [0.4, 0.5) is 0 Å². The number of hydrogen-bond donors (Lipinski definition) is 0. The van der Waals surface area contributed by atoms with Crippen LogP contribution in [0.5, 0.6) is 0 Å². The van der Waals surface area contributed by atoms with Gasteiger partial charge in [-0.05, 0) is 63.9 Å². The first kappa shape index (κ1) is 24.4. The molecule has 0 aliphatic heterocycles. The normalized spacial score (nSPS) is 12.8. The lowest BCUT2D eigenvalue weighted by Gasteiger charge is -2.07. The molecular weight excluding hydrogens is 536 g/mol. The molecule has 0 unspecified atom stereocenters. The van der Waals surface area contributed by atoms with Gasteiger partial charge in [0.1, 0.15) is 10.7 Å². The first-order valence-corrected chi connectivity index (χ1v) is 14.5. The van der Waals surface area contributed by atoms with Gasteiger partial charge in [0.05, 0.1) is 11.1 Å². The van der Waals surface area contributed by atoms with Crippen LogP contribution in [0.2, 0.25) is 0 Å². The van der Waals surface area contributed by atoms with E-state index in [0.717, 1.165) is 37.2 Å². The predicted octanol–water partition coefficient (Wildman–Crippen LogP) is 9.04. The summed E-state index contributed by atoms with van der Waals surface area (Å²) < 4.78 is 2.03. The fourth-order valence-electron chi connectivity index (χ4n) is 5.70. The van der Waals surface area contributed by atoms with Gasteiger partial charge in [0, 0.05) is 21.7 Å². The molecule has 0 saturated carbocycles. The van der Waals surface area contributed by atoms with E-state index in [-0.39, 0.29) is 17.1 Å². The number of ketones is 2. The third-order valence-electron chi connectivity index (χ3n) is 7.81. The van der Waals surface area contributed by atoms with E-state index in [0.29, 0.717) is 17.0 Å². The number of carbonyl (C=O) groups excluding carboxylic acids is 2. The highest BCUT2D eigenvalue weighted by molar-refractivity contribution is 7.21. The average Bonchev–Trinajstić information content (AvgIpc) is 3.67. The van der Waals surface area contributed by atoms with Crippen LogP contribution >= 0.6 is 11.3 Å². The summed E-state index contributed by atoms with van der Waals surface area (Å²) in [4.78, 5) is 33.9. The van der Waals surface area contributed by atoms with Gasteiger partial charge in [-0.3, -0.25) is 14.2 Å². The van der Waals surface area contributed by atoms with Gasteiger partial charge in [0.15, 0.2) is 11.6 Å². The molecule has 2 aromatic heterocycles. The molecular formula is C37H22N2O2S. The maximum absolute atomic E-state index is 13.5. The molecule has 0 saturated heterocycles. The lowest BCUT2D eigenvalue weighted by atomic mass is 10.0. The number of allylic oxidation sites excluding steroid dienone is 1. The Bertz CT molecular complexity index is 2150. The van der Waals surface area contributed by atoms with Crippen LogP contribution in [0, 0.1) is 0 Å². The zero-order valence-electron chi connectivity index (χ0n) is 22.3. The number of hydrogen-bond acceptors (Lipinski definition) is 4. The van der Waals surface area contributed by atoms with Crippen LogP contribution in [0.15, 0.2) is 133 Å². The summed E-state index contributed by atoms with van der Waals surface area (Å²) in [7, 11) is 0. The highest BCUT2D eigenvalue weighted by Gasteiger charge is 2.34. The number of rotatable bonds is 4. The molecule has 1 aliphatic rings. The lowest BCUT2D eigenvalue weighted by molar-refractivity contribution is 0.0990. The minimum atomic E-state index is -0.258. The average molecular weight is 559 g/mol. The maximum atomic E-state index is 13.5. The molecule has 0 atom stereocenters. The predicted molar refractivity (Wildman–Crippen MR) is 170 cm³/mol. The molecule has 198 valence electrons. The molecule has 5 heteroatoms. The Balaban J connectivity index is 1.23. The standard InChI is InChI=1S/C37H22N2O2S/c40-35-29-19-26-11-7-8-12-27(26)20-30(29)36(41)31(35)21-34-38-37-32(39(34)28-13-5-2-6-14-28)22-33(42-37)25-17-15-24(16-18-25)23-9-3-1-4-10-23/h1-22H. The summed E-state index contributed by atoms with van der Waals surface area (Å²) in [5.74, 6) is 0.0410. The van der Waals surface area contributed by atoms with Crippen molar-refractivity contribution in [1.29, 1.82) is 0 Å². The summed E-state index contributed by atoms with van der Waals surface area (Å²) >= 11 is 1.60. The fourth-order valence-corrected chi connectivity index (χ4v) is 6.73. The van der Waals surface area contributed by atoms with Gasteiger partial charge in [-0.25, -0.2) is 4.98 Å². The fraction of sp³-hybridized carbons (Fsp3) is 0. The van der Waals surface area contributed by atoms with E-state index in [1.165, 1.54) is 11.1 Å². The Morgan fingerprint density at radius 3 is 1.79 bits per heavy atom. The topological polar surface area (TPSA) is 52.0 Å². The van der Waals surface area contributed by atoms with Crippen molar-refractivity contribution in [3.05, 3.63) is 150 Å². The van der Waals surface area contributed by atoms with E-state index in [4.69, 9.17) is 4.98 Å². The van der Waals surface area contributed by atoms with Crippen molar-refractivity contribution in [3.63, 3.8) is 0 Å². The van der Waals surface area contributed by atoms with Crippen molar-refractivity contribution in [2.45, 2.75) is 0 Å². The zero-order valence-corrected chi connectivity index (χ0v) is 23.1. The van der Waals surface area contributed by atoms with Crippen molar-refractivity contribution in [1.82, 2.24) is 9.55 Å². The Labute approximate surface area is 245 Å². The summed E-state index contributed by atoms with van der Waals surface area (Å²) in [5.41, 5.74) is 6.35. The van der Waals surface area contributed by atoms with Gasteiger partial charge >= 0.3 is 0 Å². The van der Waals surface area contributed by atoms with Crippen LogP contribution in [0.25, 0.3) is 54.5 Å². The van der Waals surface area contributed by atoms with Gasteiger partial charge in [-0.2, -0.15) is 0 Å². The number of aromatic nitrogens is 2. The van der Waals surface area contributed by atoms with Crippen LogP contribution < -0.4 is 0 Å². The molecule has 0 bridgehead atoms. The lowest BCUT2D eigenvalue weighted by Crippen LogP contribution is -2.03. The molecule has 0 amide bonds. The number of imidazole rings is 1. The largest absolute Gasteiger partial charge is 0.292 e. The number of fused-ring (bicyclic) bond motifs is 3. The Morgan fingerprint density at radius 1 is 0.595 bits per heavy atom. The smallest absolute Gasteiger partial charge is 0.197 e. The monoisotopic (exact) mass is 558 g/mol. The van der Waals surface area contributed by atoms with Crippen LogP contribution in [0.3, 0.4) is 0 Å². The first-order chi connectivity index (χ1) is 20.6. The van der Waals surface area contributed by atoms with E-state index < -0.39 is 0 Å². The molecule has 5 aromatic carbocycles. The van der Waals surface area contributed by atoms with E-state index in [2.05, 4.69) is 42.5 Å². The molecule has 0 radical (unpaired) electrons. The van der Waals surface area contributed by atoms with E-state index in [1.807, 2.05) is 89.5 Å². The summed E-state index contributed by atoms with van der Waals surface area (Å²) in [6.07, 6.45) is 1.66. The zero-order chi connectivity index (χ0) is 28.2. The van der Waals surface area contributed by atoms with Gasteiger partial charge in [0.25, 0.3) is 0 Å². The number of thiophene rings is 1. The van der Waals surface area contributed by atoms with Crippen LogP contribution in [0.1, 0.15) is 26.5 Å². The Kier molecular flexibility index (Phi) is 5.59. The number of carbonyl (C=O) groups is 2. The molecule has 1 aliphatic carbocycles. The second-order valence-electron chi connectivity index (χ2n) is 10.3. The second kappa shape index (κ2) is 9.61. The molecule has 2 heterocycles. The van der Waals surface area contributed by atoms with Crippen LogP contribution in [-0.2, 0) is 0 Å². The molecule has 8 rings (SSSR count). The van der Waals surface area contributed by atoms with E-state index >= 15 is 0 Å². The minimum absolute atomic E-state index is 0.145. The van der Waals surface area contributed by atoms with E-state index in [1.54, 1.807) is 17.4 Å². The Hall–Kier alpha value is -5.39. The number of Topliss-reactive ketones (excluding diaryl/α,β-unsaturated/α-hetero) is 2. The third kappa shape index (κ3) is 3.94. The van der Waals surface area contributed by atoms with Crippen molar-refractivity contribution >= 4 is 50.1 Å². The van der Waals surface area contributed by atoms with Crippen molar-refractivity contribution in [2.75, 3.05) is 0 Å². The van der Waals surface area contributed by atoms with Crippen molar-refractivity contribution in [3.8, 4) is 27.3 Å². The summed E-state index contributed by atoms with van der Waals surface area (Å²) in [6.45, 7) is 0. The number of para-hydroxylation sites is 1. The van der Waals surface area contributed by atoms with Gasteiger partial charge in [-0.15, -0.1) is 11.3 Å². The van der Waals surface area contributed by atoms with Gasteiger partial charge < -0.3 is 0 Å². The van der Waals surface area contributed by atoms with Crippen molar-refractivity contribution in [2.24, 2.45) is 0 Å². The van der Waals surface area contributed by atoms with Crippen LogP contribution in [-0.4, -0.2) is 21.1 Å². The summed E-state index contributed by atoms with van der Waals surface area (Å²) in [5, 5.41) is 1.88. The second-order valence-corrected chi connectivity index (χ2v) is 11.4. The highest BCUT2D eigenvalue weighted by Crippen LogP contribution is 2.38. The molecule has 0 fully saturated rings. The summed E-state index contributed by atoms with van der Waals surface area (Å²) in [6, 6.07) is 42.4. The Morgan fingerprint density at radius 2 is 1.14 bits per heavy atom. The maximum Gasteiger partial charge on any atom is 0.197 e. The number of benzene rings is 5. The molecule has 7 aromatic rings. The molecule has 42 heavy (non-hydrogen) atoms. The third-order valence-corrected chi connectivity index (χ3v) is 8.88. The molecule has 0 N–H and O–H groups in total. The first-order valence-electron chi connectivity index (χ1n) is 13.7. The number of nitrogens with zero attached hydrogens (tertiary/aromatic N) is 2. The molecule has 0 spiro atoms. The SMILES string of the molecule is O=C1C(=Cc2nc3sc(-c4ccc(-c5ccccc5)cc4)cc3n2-c2ccccc2)C(=O)c2cc3ccccc3cc21. The van der Waals surface area contributed by atoms with Gasteiger partial charge in [0.2, 0.25) is 0 Å². The van der Waals surface area contributed by atoms with Gasteiger partial charge in [-0.1, -0.05) is 97.1 Å². The minimum Gasteiger partial charge on any atom is -0.292 e. The van der Waals surface area contributed by atoms with Crippen molar-refractivity contribution < 1.29 is 9.59 Å². The quantitative estimate of drug-likeness (QED) is 0.160. The van der Waals surface area contributed by atoms with E-state index in [9.17, 15) is 9.59 Å². The highest BCUT2D eigenvalue weighted by atomic mass is 32.1. The molecule has 4 nitrogen and oxygen atoms in total.